The van der Waals surface area contributed by atoms with E-state index in [0.717, 1.165) is 0 Å². The van der Waals surface area contributed by atoms with Gasteiger partial charge in [-0.25, -0.2) is 14.8 Å². The van der Waals surface area contributed by atoms with Gasteiger partial charge in [0.2, 0.25) is 5.78 Å². The van der Waals surface area contributed by atoms with Crippen LogP contribution in [-0.4, -0.2) is 25.4 Å². The second-order valence-corrected chi connectivity index (χ2v) is 3.71. The van der Waals surface area contributed by atoms with E-state index >= 15 is 0 Å². The lowest BCUT2D eigenvalue weighted by Crippen LogP contribution is -2.03. The summed E-state index contributed by atoms with van der Waals surface area (Å²) in [7, 11) is 0. The van der Waals surface area contributed by atoms with Gasteiger partial charge in [-0.2, -0.15) is 0 Å². The quantitative estimate of drug-likeness (QED) is 0.839. The van der Waals surface area contributed by atoms with Crippen molar-refractivity contribution in [2.75, 3.05) is 0 Å². The van der Waals surface area contributed by atoms with E-state index in [4.69, 9.17) is 5.11 Å². The summed E-state index contributed by atoms with van der Waals surface area (Å²) in [6.45, 7) is 1.64. The highest BCUT2D eigenvalue weighted by Crippen LogP contribution is 2.14. The first-order chi connectivity index (χ1) is 6.59. The standard InChI is InChI=1S/C8H6BrN3O2/c1-4-6(7(13)14)12-3-5(9)2-10-8(12)11-4/h2-3H,1H3,(H,13,14). The number of aromatic carboxylic acids is 1. The molecule has 0 aliphatic carbocycles. The van der Waals surface area contributed by atoms with Gasteiger partial charge in [0.1, 0.15) is 0 Å². The maximum Gasteiger partial charge on any atom is 0.354 e. The molecule has 14 heavy (non-hydrogen) atoms. The second kappa shape index (κ2) is 3.06. The van der Waals surface area contributed by atoms with Gasteiger partial charge in [0.15, 0.2) is 5.69 Å². The van der Waals surface area contributed by atoms with E-state index in [9.17, 15) is 4.79 Å². The molecule has 2 rings (SSSR count). The number of halogens is 1. The molecule has 0 fully saturated rings. The first-order valence-electron chi connectivity index (χ1n) is 3.83. The minimum Gasteiger partial charge on any atom is -0.477 e. The van der Waals surface area contributed by atoms with Crippen molar-refractivity contribution < 1.29 is 9.90 Å². The molecule has 0 spiro atoms. The van der Waals surface area contributed by atoms with Crippen LogP contribution in [-0.2, 0) is 0 Å². The molecular formula is C8H6BrN3O2. The molecular weight excluding hydrogens is 250 g/mol. The fourth-order valence-corrected chi connectivity index (χ4v) is 1.59. The molecule has 0 aliphatic rings. The Kier molecular flexibility index (Phi) is 1.99. The average molecular weight is 256 g/mol. The Hall–Kier alpha value is -1.43. The van der Waals surface area contributed by atoms with Gasteiger partial charge in [0.25, 0.3) is 0 Å². The number of hydrogen-bond donors (Lipinski definition) is 1. The molecule has 0 atom stereocenters. The Bertz CT molecular complexity index is 521. The third kappa shape index (κ3) is 1.27. The number of aromatic nitrogens is 3. The van der Waals surface area contributed by atoms with E-state index in [0.29, 0.717) is 15.9 Å². The zero-order valence-corrected chi connectivity index (χ0v) is 8.82. The summed E-state index contributed by atoms with van der Waals surface area (Å²) >= 11 is 3.22. The van der Waals surface area contributed by atoms with Crippen molar-refractivity contribution in [2.24, 2.45) is 0 Å². The average Bonchev–Trinajstić information content (AvgIpc) is 2.40. The number of aryl methyl sites for hydroxylation is 1. The summed E-state index contributed by atoms with van der Waals surface area (Å²) < 4.78 is 2.16. The molecule has 0 saturated carbocycles. The third-order valence-electron chi connectivity index (χ3n) is 1.83. The Morgan fingerprint density at radius 3 is 3.00 bits per heavy atom. The number of hydrogen-bond acceptors (Lipinski definition) is 3. The molecule has 1 N–H and O–H groups in total. The third-order valence-corrected chi connectivity index (χ3v) is 2.23. The van der Waals surface area contributed by atoms with Crippen molar-refractivity contribution in [1.29, 1.82) is 0 Å². The van der Waals surface area contributed by atoms with Crippen LogP contribution in [0.2, 0.25) is 0 Å². The molecule has 0 saturated heterocycles. The number of carboxylic acid groups (broad SMARTS) is 1. The second-order valence-electron chi connectivity index (χ2n) is 2.79. The molecule has 0 radical (unpaired) electrons. The van der Waals surface area contributed by atoms with Crippen molar-refractivity contribution in [3.63, 3.8) is 0 Å². The van der Waals surface area contributed by atoms with E-state index in [1.807, 2.05) is 0 Å². The van der Waals surface area contributed by atoms with Gasteiger partial charge in [0.05, 0.1) is 10.2 Å². The van der Waals surface area contributed by atoms with Crippen molar-refractivity contribution in [3.05, 3.63) is 28.3 Å². The fourth-order valence-electron chi connectivity index (χ4n) is 1.28. The maximum absolute atomic E-state index is 10.9. The zero-order valence-electron chi connectivity index (χ0n) is 7.23. The van der Waals surface area contributed by atoms with Crippen molar-refractivity contribution in [2.45, 2.75) is 6.92 Å². The SMILES string of the molecule is Cc1nc2ncc(Br)cn2c1C(=O)O. The van der Waals surface area contributed by atoms with E-state index in [2.05, 4.69) is 25.9 Å². The van der Waals surface area contributed by atoms with Gasteiger partial charge in [0, 0.05) is 12.4 Å². The highest BCUT2D eigenvalue weighted by atomic mass is 79.9. The van der Waals surface area contributed by atoms with Crippen molar-refractivity contribution in [1.82, 2.24) is 14.4 Å². The maximum atomic E-state index is 10.9. The number of carboxylic acids is 1. The molecule has 5 nitrogen and oxygen atoms in total. The Labute approximate surface area is 87.5 Å². The van der Waals surface area contributed by atoms with Crippen LogP contribution in [0.15, 0.2) is 16.9 Å². The van der Waals surface area contributed by atoms with Gasteiger partial charge >= 0.3 is 5.97 Å². The molecule has 2 heterocycles. The molecule has 0 amide bonds. The van der Waals surface area contributed by atoms with Crippen LogP contribution in [0.1, 0.15) is 16.2 Å². The van der Waals surface area contributed by atoms with Crippen LogP contribution in [0.25, 0.3) is 5.78 Å². The summed E-state index contributed by atoms with van der Waals surface area (Å²) in [5.74, 6) is -0.613. The molecule has 0 aliphatic heterocycles. The molecule has 72 valence electrons. The summed E-state index contributed by atoms with van der Waals surface area (Å²) in [5.41, 5.74) is 0.608. The number of rotatable bonds is 1. The van der Waals surface area contributed by atoms with Gasteiger partial charge in [-0.1, -0.05) is 0 Å². The summed E-state index contributed by atoms with van der Waals surface area (Å²) in [5, 5.41) is 8.94. The van der Waals surface area contributed by atoms with E-state index in [1.54, 1.807) is 19.3 Å². The van der Waals surface area contributed by atoms with Crippen LogP contribution in [0, 0.1) is 6.92 Å². The number of imidazole rings is 1. The first-order valence-corrected chi connectivity index (χ1v) is 4.62. The predicted octanol–water partition coefficient (Wildman–Crippen LogP) is 1.50. The summed E-state index contributed by atoms with van der Waals surface area (Å²) in [6.07, 6.45) is 3.21. The summed E-state index contributed by atoms with van der Waals surface area (Å²) in [6, 6.07) is 0. The van der Waals surface area contributed by atoms with Crippen LogP contribution in [0.5, 0.6) is 0 Å². The molecule has 6 heteroatoms. The highest BCUT2D eigenvalue weighted by molar-refractivity contribution is 9.10. The number of fused-ring (bicyclic) bond motifs is 1. The predicted molar refractivity (Wildman–Crippen MR) is 52.4 cm³/mol. The van der Waals surface area contributed by atoms with Gasteiger partial charge in [-0.15, -0.1) is 0 Å². The van der Waals surface area contributed by atoms with Crippen molar-refractivity contribution in [3.8, 4) is 0 Å². The molecule has 2 aromatic rings. The number of carbonyl (C=O) groups is 1. The molecule has 0 aromatic carbocycles. The van der Waals surface area contributed by atoms with Gasteiger partial charge in [-0.3, -0.25) is 4.40 Å². The minimum absolute atomic E-state index is 0.147. The zero-order chi connectivity index (χ0) is 10.3. The first kappa shape index (κ1) is 9.14. The minimum atomic E-state index is -1.00. The Morgan fingerprint density at radius 1 is 1.64 bits per heavy atom. The van der Waals surface area contributed by atoms with Crippen molar-refractivity contribution >= 4 is 27.7 Å². The topological polar surface area (TPSA) is 67.5 Å². The van der Waals surface area contributed by atoms with Gasteiger partial charge in [-0.05, 0) is 22.9 Å². The smallest absolute Gasteiger partial charge is 0.354 e. The lowest BCUT2D eigenvalue weighted by Gasteiger charge is -1.96. The fraction of sp³-hybridized carbons (Fsp3) is 0.125. The Balaban J connectivity index is 2.86. The van der Waals surface area contributed by atoms with Crippen LogP contribution >= 0.6 is 15.9 Å². The van der Waals surface area contributed by atoms with Crippen LogP contribution in [0.3, 0.4) is 0 Å². The molecule has 2 aromatic heterocycles. The van der Waals surface area contributed by atoms with E-state index in [1.165, 1.54) is 4.40 Å². The van der Waals surface area contributed by atoms with Crippen LogP contribution < -0.4 is 0 Å². The monoisotopic (exact) mass is 255 g/mol. The van der Waals surface area contributed by atoms with E-state index in [-0.39, 0.29) is 5.69 Å². The largest absolute Gasteiger partial charge is 0.477 e. The normalized spacial score (nSPS) is 10.7. The lowest BCUT2D eigenvalue weighted by molar-refractivity contribution is 0.0688. The molecule has 0 unspecified atom stereocenters. The Morgan fingerprint density at radius 2 is 2.36 bits per heavy atom. The highest BCUT2D eigenvalue weighted by Gasteiger charge is 2.15. The van der Waals surface area contributed by atoms with E-state index < -0.39 is 5.97 Å². The lowest BCUT2D eigenvalue weighted by atomic mass is 10.3. The van der Waals surface area contributed by atoms with Crippen LogP contribution in [0.4, 0.5) is 0 Å². The summed E-state index contributed by atoms with van der Waals surface area (Å²) in [4.78, 5) is 18.9. The molecule has 0 bridgehead atoms. The number of nitrogens with zero attached hydrogens (tertiary/aromatic N) is 3. The van der Waals surface area contributed by atoms with Gasteiger partial charge < -0.3 is 5.11 Å².